The number of aryl methyl sites for hydroxylation is 1. The number of imide groups is 1. The topological polar surface area (TPSA) is 83.0 Å². The minimum absolute atomic E-state index is 0. The number of nitrogens with zero attached hydrogens (tertiary/aromatic N) is 2. The van der Waals surface area contributed by atoms with E-state index in [-0.39, 0.29) is 41.9 Å². The van der Waals surface area contributed by atoms with Gasteiger partial charge in [-0.3, -0.25) is 19.5 Å². The molecular weight excluding hydrogens is 483 g/mol. The average molecular weight is 516 g/mol. The Morgan fingerprint density at radius 1 is 1.24 bits per heavy atom. The van der Waals surface area contributed by atoms with Crippen LogP contribution in [0.15, 0.2) is 23.2 Å². The van der Waals surface area contributed by atoms with Gasteiger partial charge in [0.15, 0.2) is 5.96 Å². The molecule has 0 aliphatic carbocycles. The number of piperidine rings is 1. The highest BCUT2D eigenvalue weighted by Gasteiger charge is 2.25. The highest BCUT2D eigenvalue weighted by molar-refractivity contribution is 14.0. The first-order chi connectivity index (χ1) is 13.4. The van der Waals surface area contributed by atoms with Gasteiger partial charge >= 0.3 is 0 Å². The molecule has 29 heavy (non-hydrogen) atoms. The van der Waals surface area contributed by atoms with Crippen LogP contribution in [0.4, 0.5) is 0 Å². The maximum Gasteiger partial charge on any atom is 0.229 e. The van der Waals surface area contributed by atoms with Gasteiger partial charge in [-0.05, 0) is 38.3 Å². The summed E-state index contributed by atoms with van der Waals surface area (Å²) in [7, 11) is 1.69. The third-order valence-electron chi connectivity index (χ3n) is 4.81. The van der Waals surface area contributed by atoms with Gasteiger partial charge in [0.25, 0.3) is 0 Å². The zero-order valence-corrected chi connectivity index (χ0v) is 20.1. The number of aliphatic imine (C=N–C) groups is 1. The number of hydrogen-bond donors (Lipinski definition) is 2. The molecule has 1 aliphatic rings. The molecule has 8 heteroatoms. The lowest BCUT2D eigenvalue weighted by Gasteiger charge is -2.25. The molecular formula is C21H33IN4O3. The van der Waals surface area contributed by atoms with Gasteiger partial charge in [-0.15, -0.1) is 24.0 Å². The van der Waals surface area contributed by atoms with E-state index in [1.807, 2.05) is 13.0 Å². The summed E-state index contributed by atoms with van der Waals surface area (Å²) >= 11 is 0. The molecule has 1 atom stereocenters. The summed E-state index contributed by atoms with van der Waals surface area (Å²) in [6, 6.07) is 6.16. The minimum atomic E-state index is -0.0903. The molecule has 2 amide bonds. The summed E-state index contributed by atoms with van der Waals surface area (Å²) < 4.78 is 6.04. The van der Waals surface area contributed by atoms with E-state index in [4.69, 9.17) is 4.74 Å². The number of likely N-dealkylation sites (tertiary alicyclic amines) is 1. The van der Waals surface area contributed by atoms with Gasteiger partial charge in [0.05, 0.1) is 6.10 Å². The molecule has 1 fully saturated rings. The van der Waals surface area contributed by atoms with Crippen LogP contribution in [0.5, 0.6) is 5.75 Å². The van der Waals surface area contributed by atoms with E-state index in [2.05, 4.69) is 41.6 Å². The van der Waals surface area contributed by atoms with Gasteiger partial charge in [-0.2, -0.15) is 0 Å². The van der Waals surface area contributed by atoms with Crippen molar-refractivity contribution in [2.24, 2.45) is 4.99 Å². The van der Waals surface area contributed by atoms with E-state index < -0.39 is 0 Å². The first-order valence-electron chi connectivity index (χ1n) is 9.98. The Kier molecular flexibility index (Phi) is 11.0. The van der Waals surface area contributed by atoms with Crippen LogP contribution in [-0.4, -0.2) is 48.9 Å². The lowest BCUT2D eigenvalue weighted by molar-refractivity contribution is -0.147. The molecule has 1 heterocycles. The van der Waals surface area contributed by atoms with E-state index in [0.29, 0.717) is 44.9 Å². The van der Waals surface area contributed by atoms with Crippen LogP contribution in [0.1, 0.15) is 50.7 Å². The molecule has 1 unspecified atom stereocenters. The molecule has 0 bridgehead atoms. The summed E-state index contributed by atoms with van der Waals surface area (Å²) in [5, 5.41) is 6.43. The Morgan fingerprint density at radius 3 is 2.55 bits per heavy atom. The highest BCUT2D eigenvalue weighted by atomic mass is 127. The van der Waals surface area contributed by atoms with Gasteiger partial charge in [0.2, 0.25) is 11.8 Å². The third-order valence-corrected chi connectivity index (χ3v) is 4.81. The van der Waals surface area contributed by atoms with Gasteiger partial charge in [-0.1, -0.05) is 19.1 Å². The van der Waals surface area contributed by atoms with Crippen molar-refractivity contribution in [2.75, 3.05) is 20.1 Å². The molecule has 2 rings (SSSR count). The maximum atomic E-state index is 11.9. The summed E-state index contributed by atoms with van der Waals surface area (Å²) in [6.45, 7) is 7.58. The number of guanidine groups is 1. The number of rotatable bonds is 8. The molecule has 0 aromatic heterocycles. The van der Waals surface area contributed by atoms with Crippen LogP contribution in [0.3, 0.4) is 0 Å². The van der Waals surface area contributed by atoms with Crippen molar-refractivity contribution in [3.05, 3.63) is 29.3 Å². The Bertz CT molecular complexity index is 708. The fraction of sp³-hybridized carbons (Fsp3) is 0.571. The van der Waals surface area contributed by atoms with E-state index in [9.17, 15) is 9.59 Å². The monoisotopic (exact) mass is 516 g/mol. The summed E-state index contributed by atoms with van der Waals surface area (Å²) in [5.41, 5.74) is 2.20. The number of halogens is 1. The van der Waals surface area contributed by atoms with Crippen LogP contribution >= 0.6 is 24.0 Å². The fourth-order valence-corrected chi connectivity index (χ4v) is 2.95. The number of carbonyl (C=O) groups is 2. The van der Waals surface area contributed by atoms with Crippen LogP contribution in [0.25, 0.3) is 0 Å². The summed E-state index contributed by atoms with van der Waals surface area (Å²) in [6.07, 6.45) is 2.65. The second-order valence-electron chi connectivity index (χ2n) is 7.09. The van der Waals surface area contributed by atoms with Crippen LogP contribution in [0, 0.1) is 6.92 Å². The van der Waals surface area contributed by atoms with E-state index in [0.717, 1.165) is 23.3 Å². The Hall–Kier alpha value is -1.84. The standard InChI is InChI=1S/C21H32N4O3.HI/c1-5-16(3)28-18-13-15(2)9-10-17(18)14-24-21(22-4)23-11-12-25-19(26)7-6-8-20(25)27;/h9-10,13,16H,5-8,11-12,14H2,1-4H3,(H2,22,23,24);1H. The second kappa shape index (κ2) is 12.7. The smallest absolute Gasteiger partial charge is 0.229 e. The van der Waals surface area contributed by atoms with Crippen molar-refractivity contribution in [1.82, 2.24) is 15.5 Å². The molecule has 0 radical (unpaired) electrons. The Morgan fingerprint density at radius 2 is 1.93 bits per heavy atom. The van der Waals surface area contributed by atoms with E-state index in [1.165, 1.54) is 4.90 Å². The van der Waals surface area contributed by atoms with Gasteiger partial charge < -0.3 is 15.4 Å². The molecule has 1 saturated heterocycles. The first kappa shape index (κ1) is 25.2. The van der Waals surface area contributed by atoms with Gasteiger partial charge in [-0.25, -0.2) is 0 Å². The van der Waals surface area contributed by atoms with E-state index >= 15 is 0 Å². The number of benzene rings is 1. The average Bonchev–Trinajstić information content (AvgIpc) is 2.67. The normalized spacial score (nSPS) is 15.6. The number of hydrogen-bond acceptors (Lipinski definition) is 4. The largest absolute Gasteiger partial charge is 0.490 e. The van der Waals surface area contributed by atoms with Crippen molar-refractivity contribution in [3.63, 3.8) is 0 Å². The zero-order chi connectivity index (χ0) is 20.5. The molecule has 2 N–H and O–H groups in total. The van der Waals surface area contributed by atoms with Gasteiger partial charge in [0, 0.05) is 45.1 Å². The molecule has 1 aromatic rings. The predicted octanol–water partition coefficient (Wildman–Crippen LogP) is 2.99. The van der Waals surface area contributed by atoms with Crippen molar-refractivity contribution >= 4 is 41.8 Å². The molecule has 1 aromatic carbocycles. The van der Waals surface area contributed by atoms with Crippen molar-refractivity contribution < 1.29 is 14.3 Å². The van der Waals surface area contributed by atoms with E-state index in [1.54, 1.807) is 7.05 Å². The lowest BCUT2D eigenvalue weighted by Crippen LogP contribution is -2.46. The molecule has 7 nitrogen and oxygen atoms in total. The zero-order valence-electron chi connectivity index (χ0n) is 17.8. The number of nitrogens with one attached hydrogen (secondary N) is 2. The predicted molar refractivity (Wildman–Crippen MR) is 126 cm³/mol. The first-order valence-corrected chi connectivity index (χ1v) is 9.98. The lowest BCUT2D eigenvalue weighted by atomic mass is 10.1. The number of amides is 2. The Balaban J connectivity index is 0.00000420. The van der Waals surface area contributed by atoms with Crippen LogP contribution < -0.4 is 15.4 Å². The fourth-order valence-electron chi connectivity index (χ4n) is 2.95. The number of ether oxygens (including phenoxy) is 1. The highest BCUT2D eigenvalue weighted by Crippen LogP contribution is 2.22. The summed E-state index contributed by atoms with van der Waals surface area (Å²) in [4.78, 5) is 29.3. The SMILES string of the molecule is CCC(C)Oc1cc(C)ccc1CNC(=NC)NCCN1C(=O)CCCC1=O.I. The van der Waals surface area contributed by atoms with Crippen LogP contribution in [-0.2, 0) is 16.1 Å². The quantitative estimate of drug-likeness (QED) is 0.240. The number of carbonyl (C=O) groups excluding carboxylic acids is 2. The third kappa shape index (κ3) is 7.83. The molecule has 1 aliphatic heterocycles. The van der Waals surface area contributed by atoms with Crippen LogP contribution in [0.2, 0.25) is 0 Å². The van der Waals surface area contributed by atoms with Crippen molar-refractivity contribution in [3.8, 4) is 5.75 Å². The summed E-state index contributed by atoms with van der Waals surface area (Å²) in [5.74, 6) is 1.31. The Labute approximate surface area is 190 Å². The second-order valence-corrected chi connectivity index (χ2v) is 7.09. The molecule has 0 saturated carbocycles. The van der Waals surface area contributed by atoms with Crippen molar-refractivity contribution in [1.29, 1.82) is 0 Å². The maximum absolute atomic E-state index is 11.9. The molecule has 0 spiro atoms. The van der Waals surface area contributed by atoms with Crippen molar-refractivity contribution in [2.45, 2.75) is 59.1 Å². The molecule has 162 valence electrons. The minimum Gasteiger partial charge on any atom is -0.490 e. The van der Waals surface area contributed by atoms with Gasteiger partial charge in [0.1, 0.15) is 5.75 Å².